The van der Waals surface area contributed by atoms with E-state index in [0.717, 1.165) is 18.8 Å². The van der Waals surface area contributed by atoms with Crippen molar-refractivity contribution in [1.82, 2.24) is 0 Å². The first-order valence-electron chi connectivity index (χ1n) is 8.13. The summed E-state index contributed by atoms with van der Waals surface area (Å²) in [6.45, 7) is 5.72. The van der Waals surface area contributed by atoms with E-state index in [-0.39, 0.29) is 23.0 Å². The van der Waals surface area contributed by atoms with Crippen LogP contribution in [0, 0.1) is 17.3 Å². The van der Waals surface area contributed by atoms with Crippen molar-refractivity contribution in [3.05, 3.63) is 0 Å². The van der Waals surface area contributed by atoms with Gasteiger partial charge >= 0.3 is 11.9 Å². The van der Waals surface area contributed by atoms with Crippen molar-refractivity contribution < 1.29 is 19.1 Å². The molecule has 120 valence electrons. The monoisotopic (exact) mass is 296 g/mol. The SMILES string of the molecule is CCC(C)(C)C(=O)OC.O=C1CCC2(CC3CCC2C3)O1. The first kappa shape index (κ1) is 16.3. The van der Waals surface area contributed by atoms with E-state index >= 15 is 0 Å². The fourth-order valence-electron chi connectivity index (χ4n) is 3.89. The zero-order chi connectivity index (χ0) is 15.7. The smallest absolute Gasteiger partial charge is 0.311 e. The molecule has 3 rings (SSSR count). The maximum Gasteiger partial charge on any atom is 0.311 e. The number of methoxy groups -OCH3 is 1. The number of rotatable bonds is 2. The van der Waals surface area contributed by atoms with E-state index < -0.39 is 0 Å². The fraction of sp³-hybridized carbons (Fsp3) is 0.882. The van der Waals surface area contributed by atoms with Gasteiger partial charge in [0.2, 0.25) is 0 Å². The maximum absolute atomic E-state index is 11.1. The van der Waals surface area contributed by atoms with Crippen molar-refractivity contribution in [3.63, 3.8) is 0 Å². The van der Waals surface area contributed by atoms with Crippen molar-refractivity contribution in [2.45, 2.75) is 71.3 Å². The van der Waals surface area contributed by atoms with Gasteiger partial charge in [-0.25, -0.2) is 0 Å². The third-order valence-electron chi connectivity index (χ3n) is 5.61. The number of ether oxygens (including phenoxy) is 2. The molecule has 3 unspecified atom stereocenters. The van der Waals surface area contributed by atoms with Gasteiger partial charge < -0.3 is 9.47 Å². The molecular formula is C17H28O4. The lowest BCUT2D eigenvalue weighted by Gasteiger charge is -2.31. The maximum atomic E-state index is 11.1. The van der Waals surface area contributed by atoms with Crippen LogP contribution < -0.4 is 0 Å². The number of carbonyl (C=O) groups is 2. The van der Waals surface area contributed by atoms with Crippen molar-refractivity contribution in [2.24, 2.45) is 17.3 Å². The number of hydrogen-bond donors (Lipinski definition) is 0. The molecule has 0 aromatic carbocycles. The van der Waals surface area contributed by atoms with E-state index in [4.69, 9.17) is 4.74 Å². The molecule has 1 saturated heterocycles. The van der Waals surface area contributed by atoms with Gasteiger partial charge in [0.25, 0.3) is 0 Å². The van der Waals surface area contributed by atoms with Crippen LogP contribution in [0.5, 0.6) is 0 Å². The van der Waals surface area contributed by atoms with Gasteiger partial charge in [0.1, 0.15) is 5.60 Å². The number of hydrogen-bond acceptors (Lipinski definition) is 4. The summed E-state index contributed by atoms with van der Waals surface area (Å²) >= 11 is 0. The predicted octanol–water partition coefficient (Wildman–Crippen LogP) is 3.48. The fourth-order valence-corrected chi connectivity index (χ4v) is 3.89. The van der Waals surface area contributed by atoms with E-state index in [1.807, 2.05) is 20.8 Å². The Labute approximate surface area is 127 Å². The van der Waals surface area contributed by atoms with Crippen LogP contribution in [0.1, 0.15) is 65.7 Å². The molecule has 1 spiro atoms. The summed E-state index contributed by atoms with van der Waals surface area (Å²) in [4.78, 5) is 21.9. The lowest BCUT2D eigenvalue weighted by Crippen LogP contribution is -2.34. The van der Waals surface area contributed by atoms with Crippen molar-refractivity contribution in [3.8, 4) is 0 Å². The second kappa shape index (κ2) is 5.98. The molecule has 3 fully saturated rings. The molecule has 1 aliphatic heterocycles. The molecule has 0 aromatic heterocycles. The zero-order valence-corrected chi connectivity index (χ0v) is 13.7. The zero-order valence-electron chi connectivity index (χ0n) is 13.7. The van der Waals surface area contributed by atoms with Gasteiger partial charge in [-0.2, -0.15) is 0 Å². The Morgan fingerprint density at radius 1 is 1.43 bits per heavy atom. The van der Waals surface area contributed by atoms with E-state index in [9.17, 15) is 9.59 Å². The molecule has 2 saturated carbocycles. The van der Waals surface area contributed by atoms with Crippen LogP contribution in [-0.2, 0) is 19.1 Å². The minimum absolute atomic E-state index is 0.0278. The highest BCUT2D eigenvalue weighted by molar-refractivity contribution is 5.75. The standard InChI is InChI=1S/C10H14O2.C7H14O2/c11-9-3-4-10(12-9)6-7-1-2-8(10)5-7;1-5-7(2,3)6(8)9-4/h7-8H,1-6H2;5H2,1-4H3. The van der Waals surface area contributed by atoms with Gasteiger partial charge in [0.15, 0.2) is 0 Å². The summed E-state index contributed by atoms with van der Waals surface area (Å²) in [7, 11) is 1.42. The average Bonchev–Trinajstić information content (AvgIpc) is 3.15. The molecule has 0 N–H and O–H groups in total. The van der Waals surface area contributed by atoms with E-state index in [2.05, 4.69) is 4.74 Å². The minimum Gasteiger partial charge on any atom is -0.469 e. The van der Waals surface area contributed by atoms with Crippen molar-refractivity contribution >= 4 is 11.9 Å². The molecule has 0 amide bonds. The Morgan fingerprint density at radius 3 is 2.48 bits per heavy atom. The third-order valence-corrected chi connectivity index (χ3v) is 5.61. The topological polar surface area (TPSA) is 52.6 Å². The second-order valence-electron chi connectivity index (χ2n) is 7.35. The molecule has 21 heavy (non-hydrogen) atoms. The highest BCUT2D eigenvalue weighted by atomic mass is 16.6. The molecule has 4 nitrogen and oxygen atoms in total. The van der Waals surface area contributed by atoms with Crippen molar-refractivity contribution in [2.75, 3.05) is 7.11 Å². The largest absolute Gasteiger partial charge is 0.469 e. The second-order valence-corrected chi connectivity index (χ2v) is 7.35. The Hall–Kier alpha value is -1.06. The Balaban J connectivity index is 0.000000163. The molecule has 0 aromatic rings. The molecule has 4 heteroatoms. The molecule has 2 bridgehead atoms. The molecule has 3 aliphatic rings. The van der Waals surface area contributed by atoms with Gasteiger partial charge in [-0.05, 0) is 64.2 Å². The van der Waals surface area contributed by atoms with E-state index in [1.54, 1.807) is 0 Å². The summed E-state index contributed by atoms with van der Waals surface area (Å²) in [5.41, 5.74) is -0.283. The number of fused-ring (bicyclic) bond motifs is 3. The highest BCUT2D eigenvalue weighted by Crippen LogP contribution is 2.56. The summed E-state index contributed by atoms with van der Waals surface area (Å²) in [5.74, 6) is 1.50. The Morgan fingerprint density at radius 2 is 2.14 bits per heavy atom. The lowest BCUT2D eigenvalue weighted by molar-refractivity contribution is -0.152. The summed E-state index contributed by atoms with van der Waals surface area (Å²) in [5, 5.41) is 0. The van der Waals surface area contributed by atoms with Crippen LogP contribution >= 0.6 is 0 Å². The van der Waals surface area contributed by atoms with Gasteiger partial charge in [0.05, 0.1) is 12.5 Å². The number of esters is 2. The summed E-state index contributed by atoms with van der Waals surface area (Å²) in [6, 6.07) is 0. The van der Waals surface area contributed by atoms with Crippen LogP contribution in [0.15, 0.2) is 0 Å². The van der Waals surface area contributed by atoms with Gasteiger partial charge in [-0.15, -0.1) is 0 Å². The van der Waals surface area contributed by atoms with E-state index in [1.165, 1.54) is 32.8 Å². The lowest BCUT2D eigenvalue weighted by atomic mass is 9.82. The first-order chi connectivity index (χ1) is 9.83. The van der Waals surface area contributed by atoms with E-state index in [0.29, 0.717) is 12.3 Å². The van der Waals surface area contributed by atoms with Crippen LogP contribution in [0.4, 0.5) is 0 Å². The van der Waals surface area contributed by atoms with Gasteiger partial charge in [-0.3, -0.25) is 9.59 Å². The van der Waals surface area contributed by atoms with Crippen LogP contribution in [0.2, 0.25) is 0 Å². The Kier molecular flexibility index (Phi) is 4.64. The molecular weight excluding hydrogens is 268 g/mol. The summed E-state index contributed by atoms with van der Waals surface area (Å²) < 4.78 is 10.1. The van der Waals surface area contributed by atoms with Crippen molar-refractivity contribution in [1.29, 1.82) is 0 Å². The minimum atomic E-state index is -0.311. The normalized spacial score (nSPS) is 33.6. The van der Waals surface area contributed by atoms with Crippen LogP contribution in [-0.4, -0.2) is 24.6 Å². The molecule has 1 heterocycles. The third kappa shape index (κ3) is 3.24. The van der Waals surface area contributed by atoms with Crippen LogP contribution in [0.25, 0.3) is 0 Å². The predicted molar refractivity (Wildman–Crippen MR) is 79.6 cm³/mol. The molecule has 2 aliphatic carbocycles. The van der Waals surface area contributed by atoms with Crippen LogP contribution in [0.3, 0.4) is 0 Å². The highest BCUT2D eigenvalue weighted by Gasteiger charge is 2.55. The first-order valence-corrected chi connectivity index (χ1v) is 8.13. The average molecular weight is 296 g/mol. The molecule has 3 atom stereocenters. The number of carbonyl (C=O) groups excluding carboxylic acids is 2. The summed E-state index contributed by atoms with van der Waals surface area (Å²) in [6.07, 6.45) is 7.68. The van der Waals surface area contributed by atoms with Gasteiger partial charge in [-0.1, -0.05) is 6.92 Å². The van der Waals surface area contributed by atoms with Gasteiger partial charge in [0, 0.05) is 6.42 Å². The quantitative estimate of drug-likeness (QED) is 0.732. The Bertz CT molecular complexity index is 415. The molecule has 0 radical (unpaired) electrons.